The SMILES string of the molecule is CC(=Nn1c(-c2ccc([N+](=O)[O-])cc2)csc1=Nc1cc(C)ccc1C)c1ccc2c(c1)OCCO2. The number of fused-ring (bicyclic) bond motifs is 1. The fraction of sp³-hybridized carbons (Fsp3) is 0.185. The van der Waals surface area contributed by atoms with Crippen LogP contribution < -0.4 is 14.3 Å². The summed E-state index contributed by atoms with van der Waals surface area (Å²) < 4.78 is 13.2. The minimum absolute atomic E-state index is 0.0387. The zero-order valence-corrected chi connectivity index (χ0v) is 20.9. The first-order chi connectivity index (χ1) is 17.4. The number of thiazole rings is 1. The lowest BCUT2D eigenvalue weighted by Crippen LogP contribution is -2.16. The highest BCUT2D eigenvalue weighted by molar-refractivity contribution is 7.07. The van der Waals surface area contributed by atoms with Crippen molar-refractivity contribution < 1.29 is 14.4 Å². The molecule has 0 atom stereocenters. The van der Waals surface area contributed by atoms with Crippen LogP contribution >= 0.6 is 11.3 Å². The van der Waals surface area contributed by atoms with Gasteiger partial charge in [-0.3, -0.25) is 10.1 Å². The molecule has 0 saturated heterocycles. The summed E-state index contributed by atoms with van der Waals surface area (Å²) >= 11 is 1.46. The molecule has 1 aliphatic rings. The van der Waals surface area contributed by atoms with Crippen LogP contribution in [0.4, 0.5) is 11.4 Å². The molecule has 0 spiro atoms. The highest BCUT2D eigenvalue weighted by Crippen LogP contribution is 2.31. The van der Waals surface area contributed by atoms with Gasteiger partial charge in [0.25, 0.3) is 5.69 Å². The van der Waals surface area contributed by atoms with E-state index < -0.39 is 4.92 Å². The van der Waals surface area contributed by atoms with Crippen molar-refractivity contribution in [3.63, 3.8) is 0 Å². The van der Waals surface area contributed by atoms with Gasteiger partial charge in [-0.15, -0.1) is 11.3 Å². The zero-order chi connectivity index (χ0) is 25.2. The van der Waals surface area contributed by atoms with E-state index in [2.05, 4.69) is 6.07 Å². The number of nitro benzene ring substituents is 1. The van der Waals surface area contributed by atoms with Crippen molar-refractivity contribution in [3.8, 4) is 22.8 Å². The molecule has 9 heteroatoms. The third-order valence-corrected chi connectivity index (χ3v) is 6.67. The van der Waals surface area contributed by atoms with Gasteiger partial charge in [0.15, 0.2) is 11.5 Å². The third kappa shape index (κ3) is 4.78. The van der Waals surface area contributed by atoms with Crippen LogP contribution in [0.2, 0.25) is 0 Å². The molecule has 0 aliphatic carbocycles. The van der Waals surface area contributed by atoms with Crippen molar-refractivity contribution in [2.45, 2.75) is 20.8 Å². The summed E-state index contributed by atoms with van der Waals surface area (Å²) in [4.78, 5) is 16.3. The second-order valence-corrected chi connectivity index (χ2v) is 9.30. The summed E-state index contributed by atoms with van der Waals surface area (Å²) in [5.74, 6) is 1.41. The van der Waals surface area contributed by atoms with Gasteiger partial charge in [-0.25, -0.2) is 9.67 Å². The fourth-order valence-corrected chi connectivity index (χ4v) is 4.69. The normalized spacial score (nSPS) is 13.6. The molecule has 1 aromatic heterocycles. The van der Waals surface area contributed by atoms with Crippen LogP contribution in [-0.4, -0.2) is 28.5 Å². The van der Waals surface area contributed by atoms with Gasteiger partial charge in [0, 0.05) is 28.6 Å². The Kier molecular flexibility index (Phi) is 6.39. The lowest BCUT2D eigenvalue weighted by Gasteiger charge is -2.18. The Balaban J connectivity index is 1.65. The monoisotopic (exact) mass is 500 g/mol. The Hall–Kier alpha value is -4.24. The maximum Gasteiger partial charge on any atom is 0.269 e. The van der Waals surface area contributed by atoms with Gasteiger partial charge >= 0.3 is 0 Å². The van der Waals surface area contributed by atoms with E-state index in [1.165, 1.54) is 23.5 Å². The number of aromatic nitrogens is 1. The van der Waals surface area contributed by atoms with Crippen molar-refractivity contribution in [3.05, 3.63) is 97.6 Å². The molecule has 0 unspecified atom stereocenters. The van der Waals surface area contributed by atoms with Gasteiger partial charge in [0.05, 0.1) is 22.0 Å². The van der Waals surface area contributed by atoms with E-state index in [9.17, 15) is 10.1 Å². The Labute approximate surface area is 211 Å². The van der Waals surface area contributed by atoms with Gasteiger partial charge in [-0.1, -0.05) is 12.1 Å². The zero-order valence-electron chi connectivity index (χ0n) is 20.1. The Morgan fingerprint density at radius 1 is 1.00 bits per heavy atom. The molecular formula is C27H24N4O4S. The Morgan fingerprint density at radius 3 is 2.50 bits per heavy atom. The van der Waals surface area contributed by atoms with Gasteiger partial charge in [-0.2, -0.15) is 5.10 Å². The minimum atomic E-state index is -0.406. The highest BCUT2D eigenvalue weighted by atomic mass is 32.1. The second-order valence-electron chi connectivity index (χ2n) is 8.46. The van der Waals surface area contributed by atoms with Gasteiger partial charge < -0.3 is 9.47 Å². The Morgan fingerprint density at radius 2 is 1.75 bits per heavy atom. The molecule has 4 aromatic rings. The summed E-state index contributed by atoms with van der Waals surface area (Å²) in [5.41, 5.74) is 6.33. The number of aryl methyl sites for hydroxylation is 2. The summed E-state index contributed by atoms with van der Waals surface area (Å²) in [6, 6.07) is 18.4. The van der Waals surface area contributed by atoms with Crippen LogP contribution in [0.15, 0.2) is 76.1 Å². The fourth-order valence-electron chi connectivity index (χ4n) is 3.85. The van der Waals surface area contributed by atoms with E-state index in [1.807, 2.05) is 56.5 Å². The number of hydrogen-bond donors (Lipinski definition) is 0. The van der Waals surface area contributed by atoms with E-state index in [1.54, 1.807) is 16.8 Å². The molecule has 8 nitrogen and oxygen atoms in total. The number of benzene rings is 3. The van der Waals surface area contributed by atoms with E-state index in [0.717, 1.165) is 45.1 Å². The molecular weight excluding hydrogens is 476 g/mol. The first-order valence-electron chi connectivity index (χ1n) is 11.4. The largest absolute Gasteiger partial charge is 0.486 e. The number of ether oxygens (including phenoxy) is 2. The topological polar surface area (TPSA) is 91.2 Å². The highest BCUT2D eigenvalue weighted by Gasteiger charge is 2.15. The number of rotatable bonds is 5. The predicted octanol–water partition coefficient (Wildman–Crippen LogP) is 6.02. The summed E-state index contributed by atoms with van der Waals surface area (Å²) in [5, 5.41) is 18.0. The average molecular weight is 501 g/mol. The number of non-ortho nitro benzene ring substituents is 1. The maximum absolute atomic E-state index is 11.1. The molecule has 0 fully saturated rings. The molecule has 182 valence electrons. The molecule has 36 heavy (non-hydrogen) atoms. The van der Waals surface area contributed by atoms with Crippen LogP contribution in [0.3, 0.4) is 0 Å². The summed E-state index contributed by atoms with van der Waals surface area (Å²) in [7, 11) is 0. The molecule has 1 aliphatic heterocycles. The van der Waals surface area contributed by atoms with Crippen molar-refractivity contribution in [2.24, 2.45) is 10.1 Å². The maximum atomic E-state index is 11.1. The number of hydrogen-bond acceptors (Lipinski definition) is 7. The third-order valence-electron chi connectivity index (χ3n) is 5.85. The van der Waals surface area contributed by atoms with Crippen LogP contribution in [0.1, 0.15) is 23.6 Å². The van der Waals surface area contributed by atoms with Crippen molar-refractivity contribution in [1.82, 2.24) is 4.68 Å². The average Bonchev–Trinajstić information content (AvgIpc) is 3.27. The van der Waals surface area contributed by atoms with Crippen LogP contribution in [0.5, 0.6) is 11.5 Å². The standard InChI is InChI=1S/C27H24N4O4S/c1-17-4-5-18(2)23(14-17)28-27-30(24(16-36-27)20-6-9-22(10-7-20)31(32)33)29-19(3)21-8-11-25-26(15-21)35-13-12-34-25/h4-11,14-16H,12-13H2,1-3H3. The van der Waals surface area contributed by atoms with Crippen LogP contribution in [-0.2, 0) is 0 Å². The molecule has 0 radical (unpaired) electrons. The van der Waals surface area contributed by atoms with Gasteiger partial charge in [0.2, 0.25) is 4.80 Å². The Bertz CT molecular complexity index is 1550. The van der Waals surface area contributed by atoms with E-state index >= 15 is 0 Å². The predicted molar refractivity (Wildman–Crippen MR) is 141 cm³/mol. The lowest BCUT2D eigenvalue weighted by atomic mass is 10.1. The van der Waals surface area contributed by atoms with E-state index in [-0.39, 0.29) is 5.69 Å². The van der Waals surface area contributed by atoms with Gasteiger partial charge in [-0.05, 0) is 68.3 Å². The molecule has 5 rings (SSSR count). The first-order valence-corrected chi connectivity index (χ1v) is 12.3. The van der Waals surface area contributed by atoms with E-state index in [4.69, 9.17) is 19.6 Å². The molecule has 2 heterocycles. The smallest absolute Gasteiger partial charge is 0.269 e. The molecule has 3 aromatic carbocycles. The molecule has 0 bridgehead atoms. The lowest BCUT2D eigenvalue weighted by molar-refractivity contribution is -0.384. The van der Waals surface area contributed by atoms with Crippen LogP contribution in [0.25, 0.3) is 11.3 Å². The minimum Gasteiger partial charge on any atom is -0.486 e. The van der Waals surface area contributed by atoms with Crippen LogP contribution in [0, 0.1) is 24.0 Å². The van der Waals surface area contributed by atoms with E-state index in [0.29, 0.717) is 23.8 Å². The van der Waals surface area contributed by atoms with Gasteiger partial charge in [0.1, 0.15) is 13.2 Å². The molecule has 0 amide bonds. The second kappa shape index (κ2) is 9.79. The quantitative estimate of drug-likeness (QED) is 0.190. The van der Waals surface area contributed by atoms with Crippen molar-refractivity contribution in [2.75, 3.05) is 13.2 Å². The molecule has 0 saturated carbocycles. The number of nitrogens with zero attached hydrogens (tertiary/aromatic N) is 4. The summed E-state index contributed by atoms with van der Waals surface area (Å²) in [6.45, 7) is 7.03. The van der Waals surface area contributed by atoms with Crippen molar-refractivity contribution in [1.29, 1.82) is 0 Å². The summed E-state index contributed by atoms with van der Waals surface area (Å²) in [6.07, 6.45) is 0. The number of nitro groups is 1. The van der Waals surface area contributed by atoms with Crippen molar-refractivity contribution >= 4 is 28.4 Å². The first kappa shape index (κ1) is 23.5. The molecule has 0 N–H and O–H groups in total.